The van der Waals surface area contributed by atoms with Crippen LogP contribution in [0.5, 0.6) is 0 Å². The third kappa shape index (κ3) is 13.5. The molecule has 0 heterocycles. The number of hydrogen-bond acceptors (Lipinski definition) is 6. The first-order valence-corrected chi connectivity index (χ1v) is 5.39. The average Bonchev–Trinajstić information content (AvgIpc) is 2.33. The fourth-order valence-electron chi connectivity index (χ4n) is 0.795. The third-order valence-corrected chi connectivity index (χ3v) is 1.72. The van der Waals surface area contributed by atoms with Gasteiger partial charge in [-0.2, -0.15) is 0 Å². The number of carbonyl (C=O) groups is 5. The Kier molecular flexibility index (Phi) is 10.5. The van der Waals surface area contributed by atoms with Gasteiger partial charge in [0.15, 0.2) is 6.10 Å². The molecule has 5 N–H and O–H groups in total. The lowest BCUT2D eigenvalue weighted by Gasteiger charge is -2.08. The molecular formula is C11H14O11. The Morgan fingerprint density at radius 3 is 1.68 bits per heavy atom. The van der Waals surface area contributed by atoms with E-state index >= 15 is 0 Å². The maximum atomic E-state index is 10.3. The van der Waals surface area contributed by atoms with Crippen molar-refractivity contribution < 1.29 is 54.2 Å². The van der Waals surface area contributed by atoms with E-state index in [0.29, 0.717) is 6.08 Å². The summed E-state index contributed by atoms with van der Waals surface area (Å²) >= 11 is 0. The molecule has 0 aliphatic heterocycles. The molecule has 1 unspecified atom stereocenters. The molecule has 0 aliphatic carbocycles. The first kappa shape index (κ1) is 21.4. The molecule has 0 fully saturated rings. The van der Waals surface area contributed by atoms with Crippen molar-refractivity contribution in [2.75, 3.05) is 6.61 Å². The number of carboxylic acid groups (broad SMARTS) is 5. The highest BCUT2D eigenvalue weighted by Gasteiger charge is 2.22. The maximum absolute atomic E-state index is 10.3. The van der Waals surface area contributed by atoms with Crippen LogP contribution in [0, 0.1) is 0 Å². The summed E-state index contributed by atoms with van der Waals surface area (Å²) in [5.74, 6) is -6.66. The fraction of sp³-hybridized carbons (Fsp3) is 0.364. The molecule has 124 valence electrons. The molecule has 0 aromatic rings. The van der Waals surface area contributed by atoms with E-state index in [2.05, 4.69) is 4.74 Å². The van der Waals surface area contributed by atoms with Crippen molar-refractivity contribution in [3.8, 4) is 0 Å². The minimum absolute atomic E-state index is 0.178. The third-order valence-electron chi connectivity index (χ3n) is 1.72. The van der Waals surface area contributed by atoms with Crippen LogP contribution in [0.3, 0.4) is 0 Å². The van der Waals surface area contributed by atoms with Gasteiger partial charge in [-0.05, 0) is 6.92 Å². The van der Waals surface area contributed by atoms with E-state index in [1.165, 1.54) is 6.92 Å². The highest BCUT2D eigenvalue weighted by atomic mass is 16.5. The van der Waals surface area contributed by atoms with Gasteiger partial charge in [-0.15, -0.1) is 0 Å². The van der Waals surface area contributed by atoms with Gasteiger partial charge in [0, 0.05) is 11.6 Å². The van der Waals surface area contributed by atoms with E-state index in [4.69, 9.17) is 25.5 Å². The second-order valence-electron chi connectivity index (χ2n) is 3.60. The van der Waals surface area contributed by atoms with Gasteiger partial charge in [-0.1, -0.05) is 0 Å². The van der Waals surface area contributed by atoms with Gasteiger partial charge in [0.25, 0.3) is 0 Å². The molecule has 0 rings (SSSR count). The summed E-state index contributed by atoms with van der Waals surface area (Å²) in [6.45, 7) is 0.390. The summed E-state index contributed by atoms with van der Waals surface area (Å²) < 4.78 is 4.30. The van der Waals surface area contributed by atoms with Crippen LogP contribution in [0.4, 0.5) is 0 Å². The van der Waals surface area contributed by atoms with Gasteiger partial charge in [0.1, 0.15) is 6.61 Å². The van der Waals surface area contributed by atoms with Crippen molar-refractivity contribution >= 4 is 29.8 Å². The molecule has 11 nitrogen and oxygen atoms in total. The van der Waals surface area contributed by atoms with Gasteiger partial charge in [0.2, 0.25) is 0 Å². The predicted octanol–water partition coefficient (Wildman–Crippen LogP) is -0.883. The molecule has 0 aliphatic rings. The topological polar surface area (TPSA) is 196 Å². The molecule has 0 spiro atoms. The van der Waals surface area contributed by atoms with Crippen LogP contribution in [-0.2, 0) is 28.7 Å². The number of ether oxygens (including phenoxy) is 1. The Labute approximate surface area is 123 Å². The van der Waals surface area contributed by atoms with Crippen molar-refractivity contribution in [1.29, 1.82) is 0 Å². The van der Waals surface area contributed by atoms with E-state index in [9.17, 15) is 24.0 Å². The van der Waals surface area contributed by atoms with Crippen molar-refractivity contribution in [2.45, 2.75) is 19.4 Å². The fourth-order valence-corrected chi connectivity index (χ4v) is 0.795. The van der Waals surface area contributed by atoms with Crippen LogP contribution >= 0.6 is 0 Å². The second-order valence-corrected chi connectivity index (χ2v) is 3.60. The van der Waals surface area contributed by atoms with Crippen LogP contribution < -0.4 is 0 Å². The molecule has 22 heavy (non-hydrogen) atoms. The van der Waals surface area contributed by atoms with Gasteiger partial charge in [-0.25, -0.2) is 19.2 Å². The van der Waals surface area contributed by atoms with Crippen LogP contribution in [0.25, 0.3) is 0 Å². The second kappa shape index (κ2) is 10.8. The molecule has 0 saturated heterocycles. The first-order valence-electron chi connectivity index (χ1n) is 5.39. The van der Waals surface area contributed by atoms with E-state index < -0.39 is 49.0 Å². The van der Waals surface area contributed by atoms with Crippen molar-refractivity contribution in [1.82, 2.24) is 0 Å². The molecular weight excluding hydrogens is 308 g/mol. The van der Waals surface area contributed by atoms with Crippen LogP contribution in [0.1, 0.15) is 13.3 Å². The molecule has 0 saturated carbocycles. The zero-order chi connectivity index (χ0) is 17.9. The van der Waals surface area contributed by atoms with Crippen molar-refractivity contribution in [3.05, 3.63) is 11.6 Å². The SMILES string of the molecule is CC(=CC(=O)O)C(=O)O.O=C(O)COC(CC(=O)O)C(=O)O. The Morgan fingerprint density at radius 1 is 0.955 bits per heavy atom. The van der Waals surface area contributed by atoms with E-state index in [0.717, 1.165) is 0 Å². The molecule has 0 aromatic carbocycles. The zero-order valence-electron chi connectivity index (χ0n) is 11.3. The maximum Gasteiger partial charge on any atom is 0.333 e. The number of aliphatic carboxylic acids is 5. The monoisotopic (exact) mass is 322 g/mol. The summed E-state index contributed by atoms with van der Waals surface area (Å²) in [6.07, 6.45) is -1.74. The van der Waals surface area contributed by atoms with E-state index in [1.807, 2.05) is 0 Å². The van der Waals surface area contributed by atoms with E-state index in [-0.39, 0.29) is 5.57 Å². The van der Waals surface area contributed by atoms with Gasteiger partial charge in [0.05, 0.1) is 6.42 Å². The molecule has 0 bridgehead atoms. The lowest BCUT2D eigenvalue weighted by atomic mass is 10.2. The largest absolute Gasteiger partial charge is 0.481 e. The molecule has 0 amide bonds. The summed E-state index contributed by atoms with van der Waals surface area (Å²) in [4.78, 5) is 50.0. The van der Waals surface area contributed by atoms with E-state index in [1.54, 1.807) is 0 Å². The number of rotatable bonds is 8. The van der Waals surface area contributed by atoms with Crippen molar-refractivity contribution in [3.63, 3.8) is 0 Å². The summed E-state index contributed by atoms with van der Waals surface area (Å²) in [7, 11) is 0. The summed E-state index contributed by atoms with van der Waals surface area (Å²) in [6, 6.07) is 0. The minimum atomic E-state index is -1.62. The molecule has 1 atom stereocenters. The Morgan fingerprint density at radius 2 is 1.45 bits per heavy atom. The van der Waals surface area contributed by atoms with Gasteiger partial charge < -0.3 is 30.3 Å². The zero-order valence-corrected chi connectivity index (χ0v) is 11.3. The molecule has 0 radical (unpaired) electrons. The number of carboxylic acids is 5. The average molecular weight is 322 g/mol. The Bertz CT molecular complexity index is 476. The highest BCUT2D eigenvalue weighted by molar-refractivity contribution is 5.94. The smallest absolute Gasteiger partial charge is 0.333 e. The standard InChI is InChI=1S/C6H8O7.C5H6O4/c7-4(8)1-3(6(11)12)13-2-5(9)10;1-3(5(8)9)2-4(6)7/h3H,1-2H2,(H,7,8)(H,9,10)(H,11,12);2H,1H3,(H,6,7)(H,8,9). The summed E-state index contributed by atoms with van der Waals surface area (Å²) in [5, 5.41) is 40.8. The Balaban J connectivity index is 0. The normalized spacial score (nSPS) is 11.6. The van der Waals surface area contributed by atoms with Crippen LogP contribution in [0.15, 0.2) is 11.6 Å². The first-order chi connectivity index (χ1) is 9.97. The minimum Gasteiger partial charge on any atom is -0.481 e. The van der Waals surface area contributed by atoms with Crippen LogP contribution in [0.2, 0.25) is 0 Å². The summed E-state index contributed by atoms with van der Waals surface area (Å²) in [5.41, 5.74) is -0.178. The quantitative estimate of drug-likeness (QED) is 0.348. The predicted molar refractivity (Wildman–Crippen MR) is 66.3 cm³/mol. The highest BCUT2D eigenvalue weighted by Crippen LogP contribution is 1.98. The lowest BCUT2D eigenvalue weighted by Crippen LogP contribution is -2.29. The number of hydrogen-bond donors (Lipinski definition) is 5. The Hall–Kier alpha value is -2.95. The molecule has 0 aromatic heterocycles. The molecule has 11 heteroatoms. The van der Waals surface area contributed by atoms with Gasteiger partial charge >= 0.3 is 29.8 Å². The van der Waals surface area contributed by atoms with Crippen LogP contribution in [-0.4, -0.2) is 68.1 Å². The lowest BCUT2D eigenvalue weighted by molar-refractivity contribution is -0.161. The van der Waals surface area contributed by atoms with Crippen molar-refractivity contribution in [2.24, 2.45) is 0 Å². The van der Waals surface area contributed by atoms with Gasteiger partial charge in [-0.3, -0.25) is 4.79 Å².